The molecule has 3 aliphatic rings. The van der Waals surface area contributed by atoms with Gasteiger partial charge in [-0.15, -0.1) is 0 Å². The molecule has 0 radical (unpaired) electrons. The molecule has 0 bridgehead atoms. The quantitative estimate of drug-likeness (QED) is 0.595. The number of aliphatic imine (C=N–C) groups is 1. The number of piperazine rings is 1. The van der Waals surface area contributed by atoms with Crippen molar-refractivity contribution in [3.63, 3.8) is 0 Å². The predicted octanol–water partition coefficient (Wildman–Crippen LogP) is 3.12. The fourth-order valence-electron chi connectivity index (χ4n) is 3.82. The molecule has 0 amide bonds. The summed E-state index contributed by atoms with van der Waals surface area (Å²) in [5.74, 6) is 1.12. The predicted molar refractivity (Wildman–Crippen MR) is 107 cm³/mol. The molecule has 4 heteroatoms. The summed E-state index contributed by atoms with van der Waals surface area (Å²) >= 11 is 0. The van der Waals surface area contributed by atoms with Crippen LogP contribution in [0.15, 0.2) is 52.2 Å². The summed E-state index contributed by atoms with van der Waals surface area (Å²) < 4.78 is 0. The highest BCUT2D eigenvalue weighted by Gasteiger charge is 2.20. The van der Waals surface area contributed by atoms with Crippen molar-refractivity contribution in [3.8, 4) is 0 Å². The molecule has 1 saturated heterocycles. The van der Waals surface area contributed by atoms with Crippen molar-refractivity contribution in [2.75, 3.05) is 45.8 Å². The van der Waals surface area contributed by atoms with Gasteiger partial charge in [0.25, 0.3) is 0 Å². The van der Waals surface area contributed by atoms with Crippen LogP contribution < -0.4 is 5.32 Å². The Morgan fingerprint density at radius 1 is 1.16 bits per heavy atom. The zero-order chi connectivity index (χ0) is 17.5. The maximum Gasteiger partial charge on any atom is 0.128 e. The summed E-state index contributed by atoms with van der Waals surface area (Å²) in [6, 6.07) is 0. The van der Waals surface area contributed by atoms with Gasteiger partial charge in [0, 0.05) is 44.0 Å². The molecule has 1 fully saturated rings. The molecular formula is C21H32N4. The molecule has 25 heavy (non-hydrogen) atoms. The maximum absolute atomic E-state index is 4.66. The number of allylic oxidation sites excluding steroid dienone is 5. The molecule has 1 N–H and O–H groups in total. The summed E-state index contributed by atoms with van der Waals surface area (Å²) in [7, 11) is 0. The Morgan fingerprint density at radius 2 is 1.96 bits per heavy atom. The van der Waals surface area contributed by atoms with Gasteiger partial charge in [0.1, 0.15) is 5.84 Å². The molecule has 2 aliphatic heterocycles. The number of nitrogens with zero attached hydrogens (tertiary/aromatic N) is 3. The summed E-state index contributed by atoms with van der Waals surface area (Å²) in [5, 5.41) is 3.56. The fourth-order valence-corrected chi connectivity index (χ4v) is 3.82. The average molecular weight is 341 g/mol. The molecule has 2 heterocycles. The van der Waals surface area contributed by atoms with E-state index in [2.05, 4.69) is 64.3 Å². The first kappa shape index (κ1) is 18.0. The topological polar surface area (TPSA) is 30.9 Å². The minimum atomic E-state index is 0.871. The van der Waals surface area contributed by atoms with E-state index in [9.17, 15) is 0 Å². The highest BCUT2D eigenvalue weighted by Crippen LogP contribution is 2.24. The highest BCUT2D eigenvalue weighted by molar-refractivity contribution is 6.04. The van der Waals surface area contributed by atoms with Crippen LogP contribution in [-0.4, -0.2) is 61.4 Å². The van der Waals surface area contributed by atoms with E-state index in [-0.39, 0.29) is 0 Å². The molecule has 0 aromatic rings. The zero-order valence-electron chi connectivity index (χ0n) is 15.8. The lowest BCUT2D eigenvalue weighted by atomic mass is 9.99. The Morgan fingerprint density at radius 3 is 2.72 bits per heavy atom. The minimum absolute atomic E-state index is 0.871. The van der Waals surface area contributed by atoms with Gasteiger partial charge in [0.15, 0.2) is 0 Å². The van der Waals surface area contributed by atoms with Crippen molar-refractivity contribution in [2.24, 2.45) is 4.99 Å². The van der Waals surface area contributed by atoms with E-state index in [1.54, 1.807) is 0 Å². The van der Waals surface area contributed by atoms with Gasteiger partial charge in [-0.1, -0.05) is 24.3 Å². The second kappa shape index (κ2) is 9.04. The summed E-state index contributed by atoms with van der Waals surface area (Å²) in [6.07, 6.45) is 14.8. The van der Waals surface area contributed by atoms with E-state index in [0.717, 1.165) is 51.5 Å². The lowest BCUT2D eigenvalue weighted by molar-refractivity contribution is 0.161. The van der Waals surface area contributed by atoms with Gasteiger partial charge in [-0.05, 0) is 51.3 Å². The van der Waals surface area contributed by atoms with Gasteiger partial charge in [-0.25, -0.2) is 0 Å². The van der Waals surface area contributed by atoms with Gasteiger partial charge in [0.2, 0.25) is 0 Å². The van der Waals surface area contributed by atoms with Crippen molar-refractivity contribution in [1.82, 2.24) is 15.1 Å². The van der Waals surface area contributed by atoms with Crippen LogP contribution in [0.4, 0.5) is 0 Å². The van der Waals surface area contributed by atoms with Crippen molar-refractivity contribution < 1.29 is 0 Å². The number of hydrogen-bond acceptors (Lipinski definition) is 4. The van der Waals surface area contributed by atoms with Crippen LogP contribution >= 0.6 is 0 Å². The van der Waals surface area contributed by atoms with Gasteiger partial charge in [0.05, 0.1) is 6.54 Å². The third kappa shape index (κ3) is 4.63. The van der Waals surface area contributed by atoms with Crippen LogP contribution in [0.25, 0.3) is 0 Å². The second-order valence-corrected chi connectivity index (χ2v) is 6.91. The van der Waals surface area contributed by atoms with Gasteiger partial charge in [-0.2, -0.15) is 0 Å². The highest BCUT2D eigenvalue weighted by atomic mass is 15.3. The lowest BCUT2D eigenvalue weighted by Crippen LogP contribution is -2.46. The van der Waals surface area contributed by atoms with Crippen LogP contribution in [0.1, 0.15) is 33.1 Å². The largest absolute Gasteiger partial charge is 0.370 e. The molecular weight excluding hydrogens is 308 g/mol. The molecule has 0 saturated carbocycles. The maximum atomic E-state index is 4.66. The number of nitrogens with one attached hydrogen (secondary N) is 1. The number of amidine groups is 1. The van der Waals surface area contributed by atoms with E-state index < -0.39 is 0 Å². The number of fused-ring (bicyclic) bond motifs is 1. The summed E-state index contributed by atoms with van der Waals surface area (Å²) in [5.41, 5.74) is 4.14. The number of hydrogen-bond donors (Lipinski definition) is 1. The number of rotatable bonds is 6. The molecule has 136 valence electrons. The normalized spacial score (nSPS) is 21.9. The van der Waals surface area contributed by atoms with Crippen LogP contribution in [0, 0.1) is 0 Å². The van der Waals surface area contributed by atoms with Gasteiger partial charge in [-0.3, -0.25) is 9.89 Å². The fraction of sp³-hybridized carbons (Fsp3) is 0.571. The van der Waals surface area contributed by atoms with Crippen molar-refractivity contribution in [2.45, 2.75) is 33.1 Å². The molecule has 3 rings (SSSR count). The lowest BCUT2D eigenvalue weighted by Gasteiger charge is -2.36. The Balaban J connectivity index is 1.34. The third-order valence-corrected chi connectivity index (χ3v) is 5.23. The van der Waals surface area contributed by atoms with E-state index in [0.29, 0.717) is 0 Å². The molecule has 4 nitrogen and oxygen atoms in total. The van der Waals surface area contributed by atoms with Crippen molar-refractivity contribution >= 4 is 5.84 Å². The Bertz CT molecular complexity index is 601. The first-order chi connectivity index (χ1) is 12.3. The summed E-state index contributed by atoms with van der Waals surface area (Å²) in [4.78, 5) is 9.73. The van der Waals surface area contributed by atoms with Crippen LogP contribution in [0.2, 0.25) is 0 Å². The molecule has 1 aliphatic carbocycles. The minimum Gasteiger partial charge on any atom is -0.370 e. The van der Waals surface area contributed by atoms with Gasteiger partial charge < -0.3 is 10.2 Å². The Kier molecular flexibility index (Phi) is 6.51. The van der Waals surface area contributed by atoms with E-state index in [1.807, 2.05) is 0 Å². The van der Waals surface area contributed by atoms with Crippen LogP contribution in [-0.2, 0) is 0 Å². The first-order valence-corrected chi connectivity index (χ1v) is 9.76. The average Bonchev–Trinajstić information content (AvgIpc) is 3.07. The van der Waals surface area contributed by atoms with Crippen LogP contribution in [0.3, 0.4) is 0 Å². The molecule has 0 spiro atoms. The van der Waals surface area contributed by atoms with E-state index in [4.69, 9.17) is 0 Å². The molecule has 0 aromatic carbocycles. The third-order valence-electron chi connectivity index (χ3n) is 5.23. The Hall–Kier alpha value is -1.81. The van der Waals surface area contributed by atoms with E-state index in [1.165, 1.54) is 36.2 Å². The summed E-state index contributed by atoms with van der Waals surface area (Å²) in [6.45, 7) is 11.9. The van der Waals surface area contributed by atoms with Crippen molar-refractivity contribution in [3.05, 3.63) is 47.2 Å². The van der Waals surface area contributed by atoms with Crippen LogP contribution in [0.5, 0.6) is 0 Å². The van der Waals surface area contributed by atoms with Crippen molar-refractivity contribution in [1.29, 1.82) is 0 Å². The smallest absolute Gasteiger partial charge is 0.128 e. The molecule has 0 unspecified atom stereocenters. The van der Waals surface area contributed by atoms with E-state index >= 15 is 0 Å². The first-order valence-electron chi connectivity index (χ1n) is 9.76. The standard InChI is InChI=1S/C21H32N4/c1-3-8-19(4-2)25-15-13-24(14-16-25)12-7-11-22-21-20-10-6-5-9-18(20)17-23-21/h3-4,8-10H,5-7,11-17H2,1-2H3,(H,22,23)/b8-3-,19-4+. The SMILES string of the molecule is C/C=C\C(=C/C)N1CCN(CCCNC2=NCC3=CCCC=C32)CC1. The Labute approximate surface area is 152 Å². The monoisotopic (exact) mass is 340 g/mol. The molecule has 0 aromatic heterocycles. The molecule has 0 atom stereocenters. The zero-order valence-corrected chi connectivity index (χ0v) is 15.8. The second-order valence-electron chi connectivity index (χ2n) is 6.91. The van der Waals surface area contributed by atoms with Gasteiger partial charge >= 0.3 is 0 Å².